The Kier molecular flexibility index (Phi) is 3.90. The molecular formula is C13H13NO4S. The molecule has 2 rings (SSSR count). The van der Waals surface area contributed by atoms with Crippen LogP contribution in [0.1, 0.15) is 23.2 Å². The smallest absolute Gasteiger partial charge is 0.326 e. The van der Waals surface area contributed by atoms with Gasteiger partial charge in [-0.2, -0.15) is 0 Å². The van der Waals surface area contributed by atoms with Crippen LogP contribution < -0.4 is 0 Å². The van der Waals surface area contributed by atoms with Crippen molar-refractivity contribution in [2.45, 2.75) is 23.8 Å². The number of aliphatic carboxylic acids is 1. The van der Waals surface area contributed by atoms with Gasteiger partial charge in [0.1, 0.15) is 6.04 Å². The monoisotopic (exact) mass is 279 g/mol. The van der Waals surface area contributed by atoms with Crippen molar-refractivity contribution in [1.29, 1.82) is 0 Å². The van der Waals surface area contributed by atoms with Crippen LogP contribution in [-0.4, -0.2) is 40.1 Å². The summed E-state index contributed by atoms with van der Waals surface area (Å²) in [5.74, 6) is -2.10. The Balaban J connectivity index is 2.31. The molecule has 100 valence electrons. The molecule has 5 nitrogen and oxygen atoms in total. The number of hydrogen-bond acceptors (Lipinski definition) is 4. The average molecular weight is 279 g/mol. The van der Waals surface area contributed by atoms with E-state index in [9.17, 15) is 14.4 Å². The molecule has 1 heterocycles. The molecule has 0 spiro atoms. The molecule has 1 N–H and O–H groups in total. The van der Waals surface area contributed by atoms with Gasteiger partial charge in [0, 0.05) is 16.9 Å². The summed E-state index contributed by atoms with van der Waals surface area (Å²) in [6.45, 7) is 0. The zero-order valence-corrected chi connectivity index (χ0v) is 11.1. The average Bonchev–Trinajstić information content (AvgIpc) is 2.80. The Morgan fingerprint density at radius 1 is 1.42 bits per heavy atom. The molecule has 1 aromatic rings. The highest BCUT2D eigenvalue weighted by atomic mass is 32.2. The van der Waals surface area contributed by atoms with E-state index in [2.05, 4.69) is 0 Å². The van der Waals surface area contributed by atoms with Gasteiger partial charge in [0.15, 0.2) is 0 Å². The molecule has 0 saturated carbocycles. The largest absolute Gasteiger partial charge is 0.480 e. The van der Waals surface area contributed by atoms with E-state index in [1.165, 1.54) is 11.8 Å². The highest BCUT2D eigenvalue weighted by molar-refractivity contribution is 7.98. The minimum Gasteiger partial charge on any atom is -0.480 e. The third-order valence-electron chi connectivity index (χ3n) is 3.03. The summed E-state index contributed by atoms with van der Waals surface area (Å²) >= 11 is 1.48. The van der Waals surface area contributed by atoms with Gasteiger partial charge in [-0.1, -0.05) is 6.07 Å². The summed E-state index contributed by atoms with van der Waals surface area (Å²) in [7, 11) is 0. The van der Waals surface area contributed by atoms with Crippen LogP contribution in [0.3, 0.4) is 0 Å². The lowest BCUT2D eigenvalue weighted by Crippen LogP contribution is -2.42. The second-order valence-electron chi connectivity index (χ2n) is 4.19. The number of nitrogens with zero attached hydrogens (tertiary/aromatic N) is 1. The molecule has 0 unspecified atom stereocenters. The minimum atomic E-state index is -1.14. The van der Waals surface area contributed by atoms with E-state index < -0.39 is 23.8 Å². The summed E-state index contributed by atoms with van der Waals surface area (Å²) in [5, 5.41) is 9.05. The summed E-state index contributed by atoms with van der Waals surface area (Å²) in [4.78, 5) is 36.8. The van der Waals surface area contributed by atoms with E-state index >= 15 is 0 Å². The summed E-state index contributed by atoms with van der Waals surface area (Å²) < 4.78 is 0. The predicted octanol–water partition coefficient (Wildman–Crippen LogP) is 1.62. The first kappa shape index (κ1) is 13.6. The summed E-state index contributed by atoms with van der Waals surface area (Å²) in [5.41, 5.74) is 0.341. The van der Waals surface area contributed by atoms with Crippen LogP contribution in [0.15, 0.2) is 29.2 Å². The SMILES string of the molecule is CSc1cccc(C(=O)N2C(=O)CC[C@@H]2C(=O)O)c1. The summed E-state index contributed by atoms with van der Waals surface area (Å²) in [6.07, 6.45) is 2.16. The number of carbonyl (C=O) groups is 3. The number of likely N-dealkylation sites (tertiary alicyclic amines) is 1. The van der Waals surface area contributed by atoms with Gasteiger partial charge >= 0.3 is 5.97 Å². The number of carboxylic acid groups (broad SMARTS) is 1. The molecular weight excluding hydrogens is 266 g/mol. The van der Waals surface area contributed by atoms with E-state index in [0.717, 1.165) is 9.80 Å². The molecule has 2 amide bonds. The number of rotatable bonds is 3. The topological polar surface area (TPSA) is 74.7 Å². The lowest BCUT2D eigenvalue weighted by atomic mass is 10.1. The Bertz CT molecular complexity index is 543. The second kappa shape index (κ2) is 5.44. The molecule has 1 saturated heterocycles. The van der Waals surface area contributed by atoms with Gasteiger partial charge in [0.25, 0.3) is 5.91 Å². The van der Waals surface area contributed by atoms with E-state index in [4.69, 9.17) is 5.11 Å². The van der Waals surface area contributed by atoms with Gasteiger partial charge in [0.05, 0.1) is 0 Å². The molecule has 0 bridgehead atoms. The Morgan fingerprint density at radius 2 is 2.16 bits per heavy atom. The number of imide groups is 1. The van der Waals surface area contributed by atoms with Crippen molar-refractivity contribution in [3.63, 3.8) is 0 Å². The first-order valence-electron chi connectivity index (χ1n) is 5.78. The quantitative estimate of drug-likeness (QED) is 0.672. The molecule has 1 atom stereocenters. The van der Waals surface area contributed by atoms with Crippen molar-refractivity contribution in [3.05, 3.63) is 29.8 Å². The Labute approximate surface area is 114 Å². The van der Waals surface area contributed by atoms with Crippen molar-refractivity contribution in [1.82, 2.24) is 4.90 Å². The number of carboxylic acids is 1. The number of amides is 2. The van der Waals surface area contributed by atoms with Gasteiger partial charge in [-0.25, -0.2) is 4.79 Å². The maximum Gasteiger partial charge on any atom is 0.326 e. The van der Waals surface area contributed by atoms with E-state index in [-0.39, 0.29) is 12.8 Å². The first-order chi connectivity index (χ1) is 9.04. The van der Waals surface area contributed by atoms with E-state index in [1.54, 1.807) is 18.2 Å². The maximum absolute atomic E-state index is 12.3. The standard InChI is InChI=1S/C13H13NO4S/c1-19-9-4-2-3-8(7-9)12(16)14-10(13(17)18)5-6-11(14)15/h2-4,7,10H,5-6H2,1H3,(H,17,18)/t10-/m1/s1. The molecule has 6 heteroatoms. The minimum absolute atomic E-state index is 0.102. The van der Waals surface area contributed by atoms with Crippen LogP contribution in [0.25, 0.3) is 0 Å². The van der Waals surface area contributed by atoms with Crippen molar-refractivity contribution in [3.8, 4) is 0 Å². The lowest BCUT2D eigenvalue weighted by Gasteiger charge is -2.19. The van der Waals surface area contributed by atoms with Crippen LogP contribution in [-0.2, 0) is 9.59 Å². The van der Waals surface area contributed by atoms with E-state index in [1.807, 2.05) is 12.3 Å². The first-order valence-corrected chi connectivity index (χ1v) is 7.00. The molecule has 0 aromatic heterocycles. The molecule has 1 aliphatic rings. The molecule has 0 aliphatic carbocycles. The fourth-order valence-corrected chi connectivity index (χ4v) is 2.53. The highest BCUT2D eigenvalue weighted by Crippen LogP contribution is 2.23. The lowest BCUT2D eigenvalue weighted by molar-refractivity contribution is -0.144. The van der Waals surface area contributed by atoms with Gasteiger partial charge in [-0.3, -0.25) is 14.5 Å². The Hall–Kier alpha value is -1.82. The predicted molar refractivity (Wildman–Crippen MR) is 70.1 cm³/mol. The van der Waals surface area contributed by atoms with Crippen molar-refractivity contribution in [2.75, 3.05) is 6.26 Å². The number of hydrogen-bond donors (Lipinski definition) is 1. The van der Waals surface area contributed by atoms with Crippen LogP contribution in [0.5, 0.6) is 0 Å². The molecule has 1 fully saturated rings. The van der Waals surface area contributed by atoms with Gasteiger partial charge in [0.2, 0.25) is 5.91 Å². The van der Waals surface area contributed by atoms with Crippen LogP contribution in [0, 0.1) is 0 Å². The molecule has 19 heavy (non-hydrogen) atoms. The van der Waals surface area contributed by atoms with Crippen molar-refractivity contribution in [2.24, 2.45) is 0 Å². The molecule has 1 aliphatic heterocycles. The van der Waals surface area contributed by atoms with Gasteiger partial charge < -0.3 is 5.11 Å². The maximum atomic E-state index is 12.3. The van der Waals surface area contributed by atoms with E-state index in [0.29, 0.717) is 5.56 Å². The van der Waals surface area contributed by atoms with Crippen molar-refractivity contribution >= 4 is 29.5 Å². The normalized spacial score (nSPS) is 18.7. The summed E-state index contributed by atoms with van der Waals surface area (Å²) in [6, 6.07) is 5.78. The van der Waals surface area contributed by atoms with Gasteiger partial charge in [-0.05, 0) is 30.9 Å². The number of benzene rings is 1. The zero-order chi connectivity index (χ0) is 14.0. The van der Waals surface area contributed by atoms with Crippen molar-refractivity contribution < 1.29 is 19.5 Å². The second-order valence-corrected chi connectivity index (χ2v) is 5.07. The van der Waals surface area contributed by atoms with Crippen LogP contribution >= 0.6 is 11.8 Å². The third kappa shape index (κ3) is 2.63. The molecule has 1 aromatic carbocycles. The number of carbonyl (C=O) groups excluding carboxylic acids is 2. The fraction of sp³-hybridized carbons (Fsp3) is 0.308. The fourth-order valence-electron chi connectivity index (χ4n) is 2.07. The number of thioether (sulfide) groups is 1. The van der Waals surface area contributed by atoms with Crippen LogP contribution in [0.2, 0.25) is 0 Å². The molecule has 0 radical (unpaired) electrons. The zero-order valence-electron chi connectivity index (χ0n) is 10.3. The highest BCUT2D eigenvalue weighted by Gasteiger charge is 2.40. The Morgan fingerprint density at radius 3 is 2.79 bits per heavy atom. The van der Waals surface area contributed by atoms with Crippen LogP contribution in [0.4, 0.5) is 0 Å². The third-order valence-corrected chi connectivity index (χ3v) is 3.76. The van der Waals surface area contributed by atoms with Gasteiger partial charge in [-0.15, -0.1) is 11.8 Å².